The number of nitrogens with one attached hydrogen (secondary N) is 1. The third-order valence-electron chi connectivity index (χ3n) is 2.77. The topological polar surface area (TPSA) is 116 Å². The third-order valence-corrected chi connectivity index (χ3v) is 5.91. The summed E-state index contributed by atoms with van der Waals surface area (Å²) >= 11 is 0.532. The Morgan fingerprint density at radius 1 is 1.08 bits per heavy atom. The van der Waals surface area contributed by atoms with Gasteiger partial charge in [-0.2, -0.15) is 0 Å². The smallest absolute Gasteiger partial charge is 0.348 e. The Morgan fingerprint density at radius 2 is 1.62 bits per heavy atom. The summed E-state index contributed by atoms with van der Waals surface area (Å²) in [5, 5.41) is 0. The van der Waals surface area contributed by atoms with Gasteiger partial charge < -0.3 is 9.47 Å². The van der Waals surface area contributed by atoms with Crippen LogP contribution in [0, 0.1) is 6.92 Å². The fourth-order valence-corrected chi connectivity index (χ4v) is 4.45. The van der Waals surface area contributed by atoms with Gasteiger partial charge in [-0.3, -0.25) is 4.79 Å². The highest BCUT2D eigenvalue weighted by Crippen LogP contribution is 2.33. The summed E-state index contributed by atoms with van der Waals surface area (Å²) in [4.78, 5) is 35.3. The highest BCUT2D eigenvalue weighted by Gasteiger charge is 2.33. The largest absolute Gasteiger partial charge is 0.465 e. The van der Waals surface area contributed by atoms with Crippen LogP contribution >= 0.6 is 11.3 Å². The van der Waals surface area contributed by atoms with Crippen molar-refractivity contribution in [3.05, 3.63) is 27.7 Å². The van der Waals surface area contributed by atoms with E-state index in [4.69, 9.17) is 0 Å². The molecule has 0 unspecified atom stereocenters. The molecule has 0 spiro atoms. The average Bonchev–Trinajstić information content (AvgIpc) is 2.82. The molecule has 0 saturated carbocycles. The van der Waals surface area contributed by atoms with Crippen molar-refractivity contribution >= 4 is 39.2 Å². The van der Waals surface area contributed by atoms with Gasteiger partial charge in [0.2, 0.25) is 0 Å². The molecule has 8 nitrogen and oxygen atoms in total. The quantitative estimate of drug-likeness (QED) is 0.611. The molecule has 0 fully saturated rings. The Kier molecular flexibility index (Phi) is 6.27. The molecule has 1 heterocycles. The Labute approximate surface area is 143 Å². The number of carbonyl (C=O) groups excluding carboxylic acids is 3. The fourth-order valence-electron chi connectivity index (χ4n) is 1.77. The summed E-state index contributed by atoms with van der Waals surface area (Å²) in [6.45, 7) is 4.64. The van der Waals surface area contributed by atoms with Crippen LogP contribution in [0.15, 0.2) is 15.9 Å². The van der Waals surface area contributed by atoms with Gasteiger partial charge in [0.15, 0.2) is 4.21 Å². The number of thiophene rings is 1. The van der Waals surface area contributed by atoms with Crippen LogP contribution in [0.3, 0.4) is 0 Å². The third kappa shape index (κ3) is 4.20. The zero-order chi connectivity index (χ0) is 18.7. The standard InChI is InChI=1S/C14H17NO7S2/c1-7(2)6-9(16)15-24(19,20)14-10(12(17)21-4)8(3)11(23-14)13(18)22-5/h6H,1-5H3,(H,15,16). The van der Waals surface area contributed by atoms with Gasteiger partial charge in [-0.1, -0.05) is 5.57 Å². The van der Waals surface area contributed by atoms with Crippen LogP contribution in [-0.4, -0.2) is 40.5 Å². The van der Waals surface area contributed by atoms with E-state index in [9.17, 15) is 22.8 Å². The molecule has 24 heavy (non-hydrogen) atoms. The first-order valence-electron chi connectivity index (χ1n) is 6.56. The second kappa shape index (κ2) is 7.58. The average molecular weight is 375 g/mol. The van der Waals surface area contributed by atoms with Gasteiger partial charge in [-0.25, -0.2) is 22.7 Å². The molecule has 1 amide bonds. The lowest BCUT2D eigenvalue weighted by atomic mass is 10.2. The summed E-state index contributed by atoms with van der Waals surface area (Å²) in [5.74, 6) is -2.59. The Bertz CT molecular complexity index is 814. The van der Waals surface area contributed by atoms with E-state index >= 15 is 0 Å². The Hall–Kier alpha value is -2.20. The van der Waals surface area contributed by atoms with E-state index < -0.39 is 32.1 Å². The van der Waals surface area contributed by atoms with Crippen LogP contribution in [0.4, 0.5) is 0 Å². The predicted molar refractivity (Wildman–Crippen MR) is 86.5 cm³/mol. The molecule has 0 aliphatic carbocycles. The second-order valence-electron chi connectivity index (χ2n) is 4.89. The summed E-state index contributed by atoms with van der Waals surface area (Å²) < 4.78 is 35.4. The molecule has 0 aromatic carbocycles. The Balaban J connectivity index is 3.51. The van der Waals surface area contributed by atoms with E-state index in [1.807, 2.05) is 4.72 Å². The summed E-state index contributed by atoms with van der Waals surface area (Å²) in [7, 11) is -2.16. The van der Waals surface area contributed by atoms with Crippen molar-refractivity contribution in [3.8, 4) is 0 Å². The van der Waals surface area contributed by atoms with E-state index in [0.29, 0.717) is 16.9 Å². The number of rotatable bonds is 5. The van der Waals surface area contributed by atoms with Crippen LogP contribution in [0.25, 0.3) is 0 Å². The molecule has 1 aromatic rings. The number of hydrogen-bond donors (Lipinski definition) is 1. The lowest BCUT2D eigenvalue weighted by Crippen LogP contribution is -2.29. The van der Waals surface area contributed by atoms with E-state index in [1.54, 1.807) is 13.8 Å². The normalized spacial score (nSPS) is 10.7. The number of methoxy groups -OCH3 is 2. The molecule has 0 atom stereocenters. The first kappa shape index (κ1) is 19.8. The molecular weight excluding hydrogens is 358 g/mol. The monoisotopic (exact) mass is 375 g/mol. The molecule has 1 aromatic heterocycles. The summed E-state index contributed by atoms with van der Waals surface area (Å²) in [6.07, 6.45) is 1.09. The minimum absolute atomic E-state index is 0.0621. The van der Waals surface area contributed by atoms with Gasteiger partial charge in [0, 0.05) is 6.08 Å². The van der Waals surface area contributed by atoms with Crippen molar-refractivity contribution < 1.29 is 32.3 Å². The van der Waals surface area contributed by atoms with Crippen molar-refractivity contribution in [1.29, 1.82) is 0 Å². The van der Waals surface area contributed by atoms with Gasteiger partial charge in [0.25, 0.3) is 15.9 Å². The van der Waals surface area contributed by atoms with Crippen LogP contribution in [0.1, 0.15) is 39.4 Å². The van der Waals surface area contributed by atoms with Gasteiger partial charge in [0.05, 0.1) is 19.8 Å². The van der Waals surface area contributed by atoms with Gasteiger partial charge >= 0.3 is 11.9 Å². The van der Waals surface area contributed by atoms with E-state index in [1.165, 1.54) is 6.92 Å². The molecule has 0 bridgehead atoms. The Morgan fingerprint density at radius 3 is 2.08 bits per heavy atom. The molecule has 132 valence electrons. The molecule has 0 aliphatic rings. The van der Waals surface area contributed by atoms with Crippen LogP contribution in [0.2, 0.25) is 0 Å². The predicted octanol–water partition coefficient (Wildman–Crippen LogP) is 1.40. The highest BCUT2D eigenvalue weighted by molar-refractivity contribution is 7.92. The van der Waals surface area contributed by atoms with E-state index in [2.05, 4.69) is 9.47 Å². The number of esters is 2. The summed E-state index contributed by atoms with van der Waals surface area (Å²) in [6, 6.07) is 0. The lowest BCUT2D eigenvalue weighted by molar-refractivity contribution is -0.114. The number of sulfonamides is 1. The first-order chi connectivity index (χ1) is 11.0. The van der Waals surface area contributed by atoms with Crippen molar-refractivity contribution in [2.75, 3.05) is 14.2 Å². The van der Waals surface area contributed by atoms with E-state index in [-0.39, 0.29) is 16.0 Å². The number of carbonyl (C=O) groups is 3. The zero-order valence-corrected chi connectivity index (χ0v) is 15.4. The van der Waals surface area contributed by atoms with Crippen molar-refractivity contribution in [1.82, 2.24) is 4.72 Å². The molecule has 0 radical (unpaired) electrons. The van der Waals surface area contributed by atoms with E-state index in [0.717, 1.165) is 20.3 Å². The minimum atomic E-state index is -4.37. The molecule has 0 aliphatic heterocycles. The van der Waals surface area contributed by atoms with Crippen molar-refractivity contribution in [2.45, 2.75) is 25.0 Å². The fraction of sp³-hybridized carbons (Fsp3) is 0.357. The lowest BCUT2D eigenvalue weighted by Gasteiger charge is -2.06. The molecule has 10 heteroatoms. The number of hydrogen-bond acceptors (Lipinski definition) is 8. The number of amides is 1. The van der Waals surface area contributed by atoms with Crippen LogP contribution in [-0.2, 0) is 24.3 Å². The first-order valence-corrected chi connectivity index (χ1v) is 8.86. The number of ether oxygens (including phenoxy) is 2. The maximum Gasteiger partial charge on any atom is 0.348 e. The zero-order valence-electron chi connectivity index (χ0n) is 13.8. The number of allylic oxidation sites excluding steroid dienone is 1. The molecule has 1 rings (SSSR count). The van der Waals surface area contributed by atoms with Crippen LogP contribution in [0.5, 0.6) is 0 Å². The molecular formula is C14H17NO7S2. The molecule has 1 N–H and O–H groups in total. The highest BCUT2D eigenvalue weighted by atomic mass is 32.2. The van der Waals surface area contributed by atoms with Gasteiger partial charge in [0.1, 0.15) is 4.88 Å². The summed E-state index contributed by atoms with van der Waals surface area (Å²) in [5.41, 5.74) is 0.391. The minimum Gasteiger partial charge on any atom is -0.465 e. The van der Waals surface area contributed by atoms with Crippen LogP contribution < -0.4 is 4.72 Å². The van der Waals surface area contributed by atoms with Gasteiger partial charge in [-0.05, 0) is 26.3 Å². The van der Waals surface area contributed by atoms with Crippen molar-refractivity contribution in [2.24, 2.45) is 0 Å². The maximum atomic E-state index is 12.4. The maximum absolute atomic E-state index is 12.4. The van der Waals surface area contributed by atoms with Gasteiger partial charge in [-0.15, -0.1) is 11.3 Å². The van der Waals surface area contributed by atoms with Crippen molar-refractivity contribution in [3.63, 3.8) is 0 Å². The second-order valence-corrected chi connectivity index (χ2v) is 7.79. The molecule has 0 saturated heterocycles. The SMILES string of the molecule is COC(=O)c1sc(S(=O)(=O)NC(=O)C=C(C)C)c(C(=O)OC)c1C.